The molecular formula is C26H33N4O4+. The van der Waals surface area contributed by atoms with E-state index >= 15 is 0 Å². The maximum Gasteiger partial charge on any atom is 0.501 e. The molecule has 5 amide bonds. The number of allylic oxidation sites excluding steroid dienone is 3. The molecule has 0 saturated carbocycles. The van der Waals surface area contributed by atoms with E-state index in [-0.39, 0.29) is 30.8 Å². The highest BCUT2D eigenvalue weighted by Crippen LogP contribution is 2.20. The van der Waals surface area contributed by atoms with Gasteiger partial charge in [-0.25, -0.2) is 4.79 Å². The molecule has 8 heteroatoms. The van der Waals surface area contributed by atoms with Gasteiger partial charge in [0, 0.05) is 19.5 Å². The molecule has 2 N–H and O–H groups in total. The molecule has 0 bridgehead atoms. The summed E-state index contributed by atoms with van der Waals surface area (Å²) in [5.74, 6) is -0.851. The first kappa shape index (κ1) is 25.1. The molecule has 0 fully saturated rings. The molecule has 1 atom stereocenters. The number of rotatable bonds is 11. The zero-order chi connectivity index (χ0) is 24.5. The molecule has 34 heavy (non-hydrogen) atoms. The van der Waals surface area contributed by atoms with Crippen LogP contribution >= 0.6 is 0 Å². The number of urea groups is 1. The number of carbonyl (C=O) groups excluding carboxylic acids is 4. The number of fused-ring (bicyclic) bond motifs is 1. The molecule has 0 spiro atoms. The minimum absolute atomic E-state index is 0.0299. The average Bonchev–Trinajstić information content (AvgIpc) is 2.84. The molecule has 0 aromatic heterocycles. The van der Waals surface area contributed by atoms with E-state index in [2.05, 4.69) is 10.6 Å². The maximum absolute atomic E-state index is 13.2. The summed E-state index contributed by atoms with van der Waals surface area (Å²) in [5.41, 5.74) is 1.47. The third kappa shape index (κ3) is 6.73. The fourth-order valence-corrected chi connectivity index (χ4v) is 3.84. The quantitative estimate of drug-likeness (QED) is 0.387. The van der Waals surface area contributed by atoms with Gasteiger partial charge in [0.25, 0.3) is 5.91 Å². The number of amides is 5. The number of unbranched alkanes of at least 4 members (excludes halogenated alkanes) is 1. The highest BCUT2D eigenvalue weighted by atomic mass is 16.2. The van der Waals surface area contributed by atoms with E-state index in [1.807, 2.05) is 44.2 Å². The van der Waals surface area contributed by atoms with Crippen molar-refractivity contribution in [2.24, 2.45) is 11.8 Å². The van der Waals surface area contributed by atoms with Crippen molar-refractivity contribution in [1.29, 1.82) is 0 Å². The number of hydrogen-bond donors (Lipinski definition) is 2. The lowest BCUT2D eigenvalue weighted by Crippen LogP contribution is -2.56. The van der Waals surface area contributed by atoms with Gasteiger partial charge in [0.2, 0.25) is 5.91 Å². The van der Waals surface area contributed by atoms with Crippen molar-refractivity contribution in [1.82, 2.24) is 15.5 Å². The summed E-state index contributed by atoms with van der Waals surface area (Å²) in [7, 11) is 0. The van der Waals surface area contributed by atoms with Crippen LogP contribution in [0, 0.1) is 11.8 Å². The van der Waals surface area contributed by atoms with Gasteiger partial charge in [-0.3, -0.25) is 9.59 Å². The number of carbonyl (C=O) groups is 4. The van der Waals surface area contributed by atoms with Gasteiger partial charge in [0.1, 0.15) is 11.6 Å². The van der Waals surface area contributed by atoms with E-state index in [9.17, 15) is 19.2 Å². The van der Waals surface area contributed by atoms with E-state index in [0.29, 0.717) is 44.0 Å². The van der Waals surface area contributed by atoms with Crippen molar-refractivity contribution in [3.63, 3.8) is 0 Å². The zero-order valence-electron chi connectivity index (χ0n) is 19.8. The second kappa shape index (κ2) is 12.1. The van der Waals surface area contributed by atoms with Gasteiger partial charge in [0.05, 0.1) is 6.54 Å². The number of hydrogen-bond acceptors (Lipinski definition) is 4. The second-order valence-corrected chi connectivity index (χ2v) is 8.92. The first-order chi connectivity index (χ1) is 16.4. The minimum atomic E-state index is -0.598. The van der Waals surface area contributed by atoms with Crippen LogP contribution < -0.4 is 10.6 Å². The molecule has 0 radical (unpaired) electrons. The standard InChI is InChI=1S/C26H32N4O4/c1-19(2)16-27-23(31)14-8-9-15-29-25(33)21-12-6-7-13-22(21)30(26(29)34)18-24(32)28-17-20-10-4-3-5-11-20/h3-7,10-13,19,21H,8-9,14-18H2,1-2H3,(H-,27,28,31,32)/p+1. The Kier molecular flexibility index (Phi) is 8.90. The van der Waals surface area contributed by atoms with Crippen LogP contribution in [0.5, 0.6) is 0 Å². The Morgan fingerprint density at radius 2 is 1.79 bits per heavy atom. The normalized spacial score (nSPS) is 17.3. The largest absolute Gasteiger partial charge is 0.501 e. The summed E-state index contributed by atoms with van der Waals surface area (Å²) in [4.78, 5) is 52.0. The van der Waals surface area contributed by atoms with Gasteiger partial charge >= 0.3 is 11.9 Å². The molecule has 2 aliphatic rings. The van der Waals surface area contributed by atoms with Crippen LogP contribution in [0.3, 0.4) is 0 Å². The average molecular weight is 466 g/mol. The number of imide groups is 1. The van der Waals surface area contributed by atoms with Crippen LogP contribution in [-0.2, 0) is 20.9 Å². The van der Waals surface area contributed by atoms with E-state index in [0.717, 1.165) is 5.56 Å². The third-order valence-corrected chi connectivity index (χ3v) is 5.68. The molecule has 0 saturated heterocycles. The lowest BCUT2D eigenvalue weighted by atomic mass is 9.94. The van der Waals surface area contributed by atoms with Crippen molar-refractivity contribution in [2.45, 2.75) is 39.7 Å². The van der Waals surface area contributed by atoms with Crippen LogP contribution in [0.15, 0.2) is 54.6 Å². The Bertz CT molecular complexity index is 1010. The summed E-state index contributed by atoms with van der Waals surface area (Å²) in [6.07, 6.45) is 8.40. The molecule has 1 unspecified atom stereocenters. The third-order valence-electron chi connectivity index (χ3n) is 5.68. The molecule has 1 aliphatic heterocycles. The number of nitrogens with zero attached hydrogens (tertiary/aromatic N) is 2. The second-order valence-electron chi connectivity index (χ2n) is 8.92. The van der Waals surface area contributed by atoms with E-state index in [1.54, 1.807) is 24.3 Å². The fourth-order valence-electron chi connectivity index (χ4n) is 3.84. The van der Waals surface area contributed by atoms with E-state index < -0.39 is 11.9 Å². The van der Waals surface area contributed by atoms with Gasteiger partial charge in [-0.05, 0) is 30.4 Å². The van der Waals surface area contributed by atoms with E-state index in [4.69, 9.17) is 0 Å². The zero-order valence-corrected chi connectivity index (χ0v) is 19.8. The summed E-state index contributed by atoms with van der Waals surface area (Å²) < 4.78 is 1.38. The minimum Gasteiger partial charge on any atom is -0.356 e. The first-order valence-corrected chi connectivity index (χ1v) is 11.8. The molecule has 180 valence electrons. The predicted molar refractivity (Wildman–Crippen MR) is 129 cm³/mol. The SMILES string of the molecule is CC(C)CNC(=O)CCCCN1C(=O)C2C=CC=CC2=[N+](CC(=O)NCc2ccccc2)C1=O. The Balaban J connectivity index is 1.61. The predicted octanol–water partition coefficient (Wildman–Crippen LogP) is 2.40. The summed E-state index contributed by atoms with van der Waals surface area (Å²) >= 11 is 0. The Morgan fingerprint density at radius 1 is 1.03 bits per heavy atom. The van der Waals surface area contributed by atoms with Gasteiger partial charge in [-0.1, -0.05) is 62.4 Å². The van der Waals surface area contributed by atoms with Gasteiger partial charge in [-0.2, -0.15) is 14.3 Å². The van der Waals surface area contributed by atoms with Crippen molar-refractivity contribution >= 4 is 29.5 Å². The van der Waals surface area contributed by atoms with Crippen molar-refractivity contribution in [3.05, 3.63) is 60.2 Å². The smallest absolute Gasteiger partial charge is 0.356 e. The molecule has 8 nitrogen and oxygen atoms in total. The summed E-state index contributed by atoms with van der Waals surface area (Å²) in [6, 6.07) is 9.01. The molecule has 1 aromatic carbocycles. The summed E-state index contributed by atoms with van der Waals surface area (Å²) in [6.45, 7) is 5.08. The first-order valence-electron chi connectivity index (χ1n) is 11.8. The van der Waals surface area contributed by atoms with Crippen LogP contribution in [0.4, 0.5) is 4.79 Å². The molecular weight excluding hydrogens is 432 g/mol. The fraction of sp³-hybridized carbons (Fsp3) is 0.423. The van der Waals surface area contributed by atoms with Crippen LogP contribution in [-0.4, -0.2) is 58.6 Å². The van der Waals surface area contributed by atoms with Crippen LogP contribution in [0.25, 0.3) is 0 Å². The molecule has 3 rings (SSSR count). The Morgan fingerprint density at radius 3 is 2.53 bits per heavy atom. The van der Waals surface area contributed by atoms with E-state index in [1.165, 1.54) is 9.48 Å². The van der Waals surface area contributed by atoms with Crippen LogP contribution in [0.2, 0.25) is 0 Å². The number of nitrogens with one attached hydrogen (secondary N) is 2. The van der Waals surface area contributed by atoms with Crippen molar-refractivity contribution < 1.29 is 23.8 Å². The van der Waals surface area contributed by atoms with Crippen molar-refractivity contribution in [2.75, 3.05) is 19.6 Å². The van der Waals surface area contributed by atoms with Gasteiger partial charge in [-0.15, -0.1) is 0 Å². The Hall–Kier alpha value is -3.55. The van der Waals surface area contributed by atoms with Crippen LogP contribution in [0.1, 0.15) is 38.7 Å². The molecule has 1 aromatic rings. The molecule has 1 heterocycles. The topological polar surface area (TPSA) is 98.6 Å². The van der Waals surface area contributed by atoms with Crippen molar-refractivity contribution in [3.8, 4) is 0 Å². The van der Waals surface area contributed by atoms with Gasteiger partial charge < -0.3 is 10.6 Å². The highest BCUT2D eigenvalue weighted by Gasteiger charge is 2.46. The van der Waals surface area contributed by atoms with Gasteiger partial charge in [0.15, 0.2) is 6.54 Å². The molecule has 1 aliphatic carbocycles. The number of benzene rings is 1. The maximum atomic E-state index is 13.2. The Labute approximate surface area is 200 Å². The monoisotopic (exact) mass is 465 g/mol. The lowest BCUT2D eigenvalue weighted by molar-refractivity contribution is -0.428. The highest BCUT2D eigenvalue weighted by molar-refractivity contribution is 6.16. The summed E-state index contributed by atoms with van der Waals surface area (Å²) in [5, 5.41) is 5.71. The lowest BCUT2D eigenvalue weighted by Gasteiger charge is -2.26.